The van der Waals surface area contributed by atoms with Crippen LogP contribution in [0.15, 0.2) is 23.0 Å². The summed E-state index contributed by atoms with van der Waals surface area (Å²) in [7, 11) is 0. The molecule has 1 atom stereocenters. The Bertz CT molecular complexity index is 1400. The third-order valence-corrected chi connectivity index (χ3v) is 6.94. The Labute approximate surface area is 210 Å². The van der Waals surface area contributed by atoms with Gasteiger partial charge in [-0.15, -0.1) is 11.3 Å². The quantitative estimate of drug-likeness (QED) is 0.342. The molecule has 3 aromatic rings. The number of nitrogens with zero attached hydrogens (tertiary/aromatic N) is 1. The molecule has 0 bridgehead atoms. The molecule has 0 radical (unpaired) electrons. The van der Waals surface area contributed by atoms with Crippen molar-refractivity contribution in [3.05, 3.63) is 50.4 Å². The lowest BCUT2D eigenvalue weighted by molar-refractivity contribution is -0.141. The van der Waals surface area contributed by atoms with Gasteiger partial charge >= 0.3 is 5.97 Å². The van der Waals surface area contributed by atoms with E-state index in [9.17, 15) is 24.3 Å². The Morgan fingerprint density at radius 2 is 2.06 bits per heavy atom. The molecule has 12 heteroatoms. The van der Waals surface area contributed by atoms with Crippen molar-refractivity contribution in [3.8, 4) is 5.75 Å². The number of fused-ring (bicyclic) bond motifs is 4. The smallest absolute Gasteiger partial charge is 0.307 e. The van der Waals surface area contributed by atoms with Gasteiger partial charge in [0, 0.05) is 11.4 Å². The van der Waals surface area contributed by atoms with E-state index in [0.29, 0.717) is 46.0 Å². The number of hydrogen-bond acceptors (Lipinski definition) is 8. The number of ether oxygens (including phenoxy) is 1. The lowest BCUT2D eigenvalue weighted by Crippen LogP contribution is -2.28. The van der Waals surface area contributed by atoms with E-state index in [1.165, 1.54) is 11.3 Å². The number of anilines is 1. The number of aromatic amines is 1. The van der Waals surface area contributed by atoms with Gasteiger partial charge in [-0.1, -0.05) is 19.9 Å². The Kier molecular flexibility index (Phi) is 7.36. The second kappa shape index (κ2) is 10.5. The van der Waals surface area contributed by atoms with Gasteiger partial charge in [0.25, 0.3) is 17.4 Å². The molecule has 190 valence electrons. The lowest BCUT2D eigenvalue weighted by atomic mass is 10.1. The van der Waals surface area contributed by atoms with Gasteiger partial charge in [-0.05, 0) is 48.6 Å². The lowest BCUT2D eigenvalue weighted by Gasteiger charge is -2.18. The van der Waals surface area contributed by atoms with Gasteiger partial charge in [0.1, 0.15) is 10.6 Å². The molecule has 6 N–H and O–H groups in total. The summed E-state index contributed by atoms with van der Waals surface area (Å²) in [6, 6.07) is 5.17. The number of carbonyl (C=O) groups excluding carboxylic acids is 2. The molecule has 0 spiro atoms. The fraction of sp³-hybridized carbons (Fsp3) is 0.375. The van der Waals surface area contributed by atoms with Crippen molar-refractivity contribution in [3.63, 3.8) is 0 Å². The number of aromatic nitrogens is 2. The van der Waals surface area contributed by atoms with E-state index in [4.69, 9.17) is 10.5 Å². The third kappa shape index (κ3) is 5.39. The highest BCUT2D eigenvalue weighted by atomic mass is 32.1. The van der Waals surface area contributed by atoms with Crippen LogP contribution >= 0.6 is 11.3 Å². The zero-order valence-corrected chi connectivity index (χ0v) is 20.7. The van der Waals surface area contributed by atoms with Gasteiger partial charge < -0.3 is 31.2 Å². The molecule has 1 aliphatic carbocycles. The van der Waals surface area contributed by atoms with Crippen molar-refractivity contribution < 1.29 is 24.2 Å². The molecule has 11 nitrogen and oxygen atoms in total. The molecule has 5 rings (SSSR count). The molecular weight excluding hydrogens is 486 g/mol. The summed E-state index contributed by atoms with van der Waals surface area (Å²) >= 11 is 1.25. The van der Waals surface area contributed by atoms with Crippen LogP contribution in [0, 0.1) is 11.8 Å². The highest BCUT2D eigenvalue weighted by Gasteiger charge is 2.32. The molecule has 1 unspecified atom stereocenters. The van der Waals surface area contributed by atoms with E-state index < -0.39 is 23.4 Å². The number of carbonyl (C=O) groups is 3. The SMILES string of the molecule is CC(C)CN.O=C1COc2ccc(CNC(=O)c3nc4sc5c(c4c(=O)[nH]3)CC(C(=O)O)C5)cc2N1. The maximum absolute atomic E-state index is 12.6. The minimum absolute atomic E-state index is 0.0340. The molecule has 2 aliphatic rings. The standard InChI is InChI=1S/C20H16N4O6S.C4H11N/c25-14-7-30-12-2-1-8(3-11(12)22-14)6-21-18(27)16-23-17(26)15-10-4-9(20(28)29)5-13(10)31-19(15)24-16;1-4(2)3-5/h1-3,9H,4-7H2,(H,21,27)(H,22,25)(H,28,29)(H,23,24,26);4H,3,5H2,1-2H3. The summed E-state index contributed by atoms with van der Waals surface area (Å²) in [6.45, 7) is 5.12. The number of thiophene rings is 1. The minimum Gasteiger partial charge on any atom is -0.482 e. The Balaban J connectivity index is 0.000000556. The van der Waals surface area contributed by atoms with E-state index >= 15 is 0 Å². The maximum Gasteiger partial charge on any atom is 0.307 e. The summed E-state index contributed by atoms with van der Waals surface area (Å²) < 4.78 is 5.30. The first-order valence-electron chi connectivity index (χ1n) is 11.5. The molecule has 2 aromatic heterocycles. The van der Waals surface area contributed by atoms with Gasteiger partial charge in [0.2, 0.25) is 5.82 Å². The average molecular weight is 514 g/mol. The van der Waals surface area contributed by atoms with Crippen LogP contribution in [-0.2, 0) is 29.0 Å². The fourth-order valence-electron chi connectivity index (χ4n) is 3.82. The van der Waals surface area contributed by atoms with Crippen LogP contribution in [0.2, 0.25) is 0 Å². The van der Waals surface area contributed by atoms with Crippen molar-refractivity contribution in [1.29, 1.82) is 0 Å². The van der Waals surface area contributed by atoms with Crippen molar-refractivity contribution in [2.24, 2.45) is 17.6 Å². The van der Waals surface area contributed by atoms with Gasteiger partial charge in [-0.25, -0.2) is 4.98 Å². The largest absolute Gasteiger partial charge is 0.482 e. The first-order chi connectivity index (χ1) is 17.2. The van der Waals surface area contributed by atoms with Crippen LogP contribution < -0.4 is 26.7 Å². The summed E-state index contributed by atoms with van der Waals surface area (Å²) in [5.74, 6) is -1.10. The van der Waals surface area contributed by atoms with Gasteiger partial charge in [-0.3, -0.25) is 19.2 Å². The zero-order valence-electron chi connectivity index (χ0n) is 19.8. The Morgan fingerprint density at radius 3 is 2.75 bits per heavy atom. The summed E-state index contributed by atoms with van der Waals surface area (Å²) in [5.41, 5.74) is 6.70. The summed E-state index contributed by atoms with van der Waals surface area (Å²) in [5, 5.41) is 15.0. The second-order valence-corrected chi connectivity index (χ2v) is 10.1. The number of nitrogens with two attached hydrogens (primary N) is 1. The molecular formula is C24H27N5O6S. The number of H-pyrrole nitrogens is 1. The van der Waals surface area contributed by atoms with Crippen LogP contribution in [0.3, 0.4) is 0 Å². The number of benzene rings is 1. The normalized spacial score (nSPS) is 15.9. The van der Waals surface area contributed by atoms with E-state index in [-0.39, 0.29) is 24.9 Å². The molecule has 36 heavy (non-hydrogen) atoms. The number of carboxylic acid groups (broad SMARTS) is 1. The number of nitrogens with one attached hydrogen (secondary N) is 3. The van der Waals surface area contributed by atoms with Crippen LogP contribution in [-0.4, -0.2) is 46.0 Å². The highest BCUT2D eigenvalue weighted by Crippen LogP contribution is 2.37. The third-order valence-electron chi connectivity index (χ3n) is 5.79. The van der Waals surface area contributed by atoms with Crippen molar-refractivity contribution in [1.82, 2.24) is 15.3 Å². The van der Waals surface area contributed by atoms with Crippen molar-refractivity contribution in [2.75, 3.05) is 18.5 Å². The maximum atomic E-state index is 12.6. The zero-order chi connectivity index (χ0) is 26.0. The van der Waals surface area contributed by atoms with E-state index in [1.54, 1.807) is 18.2 Å². The second-order valence-electron chi connectivity index (χ2n) is 9.02. The summed E-state index contributed by atoms with van der Waals surface area (Å²) in [4.78, 5) is 55.9. The van der Waals surface area contributed by atoms with Crippen molar-refractivity contribution in [2.45, 2.75) is 33.2 Å². The molecule has 3 heterocycles. The number of rotatable bonds is 5. The predicted molar refractivity (Wildman–Crippen MR) is 134 cm³/mol. The first kappa shape index (κ1) is 25.3. The fourth-order valence-corrected chi connectivity index (χ4v) is 5.10. The molecule has 0 fully saturated rings. The van der Waals surface area contributed by atoms with E-state index in [1.807, 2.05) is 0 Å². The molecule has 0 saturated heterocycles. The number of carboxylic acids is 1. The Hall–Kier alpha value is -3.77. The number of hydrogen-bond donors (Lipinski definition) is 5. The monoisotopic (exact) mass is 513 g/mol. The topological polar surface area (TPSA) is 176 Å². The van der Waals surface area contributed by atoms with E-state index in [2.05, 4.69) is 34.4 Å². The van der Waals surface area contributed by atoms with Gasteiger partial charge in [0.15, 0.2) is 6.61 Å². The average Bonchev–Trinajstić information content (AvgIpc) is 3.40. The predicted octanol–water partition coefficient (Wildman–Crippen LogP) is 1.65. The number of aliphatic carboxylic acids is 1. The Morgan fingerprint density at radius 1 is 1.31 bits per heavy atom. The minimum atomic E-state index is -0.884. The van der Waals surface area contributed by atoms with Crippen LogP contribution in [0.25, 0.3) is 10.2 Å². The van der Waals surface area contributed by atoms with Gasteiger partial charge in [0.05, 0.1) is 17.0 Å². The van der Waals surface area contributed by atoms with Crippen LogP contribution in [0.1, 0.15) is 40.5 Å². The molecule has 1 aliphatic heterocycles. The highest BCUT2D eigenvalue weighted by molar-refractivity contribution is 7.18. The molecule has 2 amide bonds. The summed E-state index contributed by atoms with van der Waals surface area (Å²) in [6.07, 6.45) is 0.658. The van der Waals surface area contributed by atoms with Crippen molar-refractivity contribution >= 4 is 45.0 Å². The van der Waals surface area contributed by atoms with Gasteiger partial charge in [-0.2, -0.15) is 0 Å². The molecule has 0 saturated carbocycles. The number of amides is 2. The molecule has 1 aromatic carbocycles. The van der Waals surface area contributed by atoms with E-state index in [0.717, 1.165) is 17.0 Å². The van der Waals surface area contributed by atoms with Crippen LogP contribution in [0.4, 0.5) is 5.69 Å². The van der Waals surface area contributed by atoms with Crippen LogP contribution in [0.5, 0.6) is 5.75 Å². The first-order valence-corrected chi connectivity index (χ1v) is 12.3.